The van der Waals surface area contributed by atoms with E-state index in [4.69, 9.17) is 4.74 Å². The monoisotopic (exact) mass is 228 g/mol. The smallest absolute Gasteiger partial charge is 0.0622 e. The molecule has 0 amide bonds. The molecule has 1 heterocycles. The molecule has 3 nitrogen and oxygen atoms in total. The molecule has 1 N–H and O–H groups in total. The van der Waals surface area contributed by atoms with Gasteiger partial charge in [0.25, 0.3) is 0 Å². The van der Waals surface area contributed by atoms with Crippen molar-refractivity contribution in [2.75, 3.05) is 33.4 Å². The van der Waals surface area contributed by atoms with Gasteiger partial charge in [-0.25, -0.2) is 0 Å². The van der Waals surface area contributed by atoms with Crippen LogP contribution in [0.5, 0.6) is 0 Å². The maximum Gasteiger partial charge on any atom is 0.0622 e. The summed E-state index contributed by atoms with van der Waals surface area (Å²) in [5.74, 6) is 0. The molecule has 96 valence electrons. The fourth-order valence-electron chi connectivity index (χ4n) is 2.45. The molecule has 0 aromatic heterocycles. The second kappa shape index (κ2) is 8.04. The fourth-order valence-corrected chi connectivity index (χ4v) is 2.45. The van der Waals surface area contributed by atoms with Gasteiger partial charge in [-0.05, 0) is 39.3 Å². The summed E-state index contributed by atoms with van der Waals surface area (Å²) in [4.78, 5) is 2.60. The Morgan fingerprint density at radius 3 is 2.88 bits per heavy atom. The highest BCUT2D eigenvalue weighted by molar-refractivity contribution is 4.74. The molecule has 0 radical (unpaired) electrons. The second-order valence-corrected chi connectivity index (χ2v) is 4.71. The zero-order valence-electron chi connectivity index (χ0n) is 11.2. The Balaban J connectivity index is 2.19. The third-order valence-corrected chi connectivity index (χ3v) is 3.72. The lowest BCUT2D eigenvalue weighted by Crippen LogP contribution is -2.45. The van der Waals surface area contributed by atoms with Gasteiger partial charge in [-0.15, -0.1) is 0 Å². The van der Waals surface area contributed by atoms with Gasteiger partial charge in [0.1, 0.15) is 0 Å². The summed E-state index contributed by atoms with van der Waals surface area (Å²) in [6, 6.07) is 1.35. The molecule has 1 aliphatic heterocycles. The SMILES string of the molecule is CCC(CCCN1CCOCC1CC)NC. The number of hydrogen-bond donors (Lipinski definition) is 1. The van der Waals surface area contributed by atoms with Crippen molar-refractivity contribution in [1.29, 1.82) is 0 Å². The van der Waals surface area contributed by atoms with Crippen molar-refractivity contribution in [3.63, 3.8) is 0 Å². The van der Waals surface area contributed by atoms with Crippen LogP contribution in [0.4, 0.5) is 0 Å². The average Bonchev–Trinajstić information content (AvgIpc) is 2.35. The fraction of sp³-hybridized carbons (Fsp3) is 1.00. The second-order valence-electron chi connectivity index (χ2n) is 4.71. The van der Waals surface area contributed by atoms with Crippen molar-refractivity contribution in [2.24, 2.45) is 0 Å². The van der Waals surface area contributed by atoms with Crippen molar-refractivity contribution >= 4 is 0 Å². The number of morpholine rings is 1. The van der Waals surface area contributed by atoms with E-state index in [0.717, 1.165) is 19.8 Å². The summed E-state index contributed by atoms with van der Waals surface area (Å²) in [5, 5.41) is 3.37. The Hall–Kier alpha value is -0.120. The quantitative estimate of drug-likeness (QED) is 0.720. The Labute approximate surface area is 101 Å². The van der Waals surface area contributed by atoms with Crippen LogP contribution in [0.15, 0.2) is 0 Å². The van der Waals surface area contributed by atoms with E-state index in [1.54, 1.807) is 0 Å². The molecule has 1 saturated heterocycles. The molecule has 1 rings (SSSR count). The standard InChI is InChI=1S/C13H28N2O/c1-4-12(14-3)7-6-8-15-9-10-16-11-13(15)5-2/h12-14H,4-11H2,1-3H3. The van der Waals surface area contributed by atoms with Crippen molar-refractivity contribution in [3.8, 4) is 0 Å². The molecule has 3 heteroatoms. The van der Waals surface area contributed by atoms with Gasteiger partial charge < -0.3 is 10.1 Å². The molecule has 1 aliphatic rings. The lowest BCUT2D eigenvalue weighted by Gasteiger charge is -2.35. The van der Waals surface area contributed by atoms with Crippen molar-refractivity contribution < 1.29 is 4.74 Å². The topological polar surface area (TPSA) is 24.5 Å². The predicted molar refractivity (Wildman–Crippen MR) is 68.8 cm³/mol. The normalized spacial score (nSPS) is 24.6. The first kappa shape index (κ1) is 13.9. The van der Waals surface area contributed by atoms with E-state index < -0.39 is 0 Å². The van der Waals surface area contributed by atoms with E-state index in [9.17, 15) is 0 Å². The van der Waals surface area contributed by atoms with Crippen LogP contribution in [0.3, 0.4) is 0 Å². The third-order valence-electron chi connectivity index (χ3n) is 3.72. The van der Waals surface area contributed by atoms with Gasteiger partial charge in [0.05, 0.1) is 13.2 Å². The summed E-state index contributed by atoms with van der Waals surface area (Å²) >= 11 is 0. The van der Waals surface area contributed by atoms with Gasteiger partial charge in [-0.2, -0.15) is 0 Å². The minimum Gasteiger partial charge on any atom is -0.378 e. The Bertz CT molecular complexity index is 171. The molecule has 0 aromatic rings. The van der Waals surface area contributed by atoms with Crippen LogP contribution in [0.1, 0.15) is 39.5 Å². The van der Waals surface area contributed by atoms with Gasteiger partial charge in [0.15, 0.2) is 0 Å². The van der Waals surface area contributed by atoms with Crippen molar-refractivity contribution in [2.45, 2.75) is 51.6 Å². The van der Waals surface area contributed by atoms with Crippen LogP contribution in [0.25, 0.3) is 0 Å². The number of ether oxygens (including phenoxy) is 1. The predicted octanol–water partition coefficient (Wildman–Crippen LogP) is 1.88. The molecule has 0 spiro atoms. The minimum absolute atomic E-state index is 0.656. The van der Waals surface area contributed by atoms with Crippen LogP contribution < -0.4 is 5.32 Å². The highest BCUT2D eigenvalue weighted by Gasteiger charge is 2.20. The van der Waals surface area contributed by atoms with E-state index >= 15 is 0 Å². The zero-order chi connectivity index (χ0) is 11.8. The molecule has 0 saturated carbocycles. The number of nitrogens with one attached hydrogen (secondary N) is 1. The van der Waals surface area contributed by atoms with Gasteiger partial charge >= 0.3 is 0 Å². The molecule has 0 aliphatic carbocycles. The summed E-state index contributed by atoms with van der Waals surface area (Å²) in [5.41, 5.74) is 0. The van der Waals surface area contributed by atoms with E-state index in [2.05, 4.69) is 31.1 Å². The Morgan fingerprint density at radius 1 is 1.44 bits per heavy atom. The van der Waals surface area contributed by atoms with Gasteiger partial charge in [0, 0.05) is 18.6 Å². The lowest BCUT2D eigenvalue weighted by atomic mass is 10.1. The minimum atomic E-state index is 0.656. The van der Waals surface area contributed by atoms with E-state index in [1.165, 1.54) is 32.2 Å². The maximum atomic E-state index is 5.52. The van der Waals surface area contributed by atoms with E-state index in [-0.39, 0.29) is 0 Å². The van der Waals surface area contributed by atoms with Crippen LogP contribution in [0.2, 0.25) is 0 Å². The summed E-state index contributed by atoms with van der Waals surface area (Å²) in [6.45, 7) is 8.72. The average molecular weight is 228 g/mol. The highest BCUT2D eigenvalue weighted by atomic mass is 16.5. The van der Waals surface area contributed by atoms with E-state index in [1.807, 2.05) is 0 Å². The molecular weight excluding hydrogens is 200 g/mol. The van der Waals surface area contributed by atoms with Crippen LogP contribution in [-0.2, 0) is 4.74 Å². The summed E-state index contributed by atoms with van der Waals surface area (Å²) in [6.07, 6.45) is 5.04. The number of rotatable bonds is 7. The van der Waals surface area contributed by atoms with Crippen molar-refractivity contribution in [1.82, 2.24) is 10.2 Å². The first-order valence-electron chi connectivity index (χ1n) is 6.80. The zero-order valence-corrected chi connectivity index (χ0v) is 11.2. The molecule has 2 unspecified atom stereocenters. The van der Waals surface area contributed by atoms with Crippen LogP contribution >= 0.6 is 0 Å². The molecular formula is C13H28N2O. The van der Waals surface area contributed by atoms with Gasteiger partial charge in [0.2, 0.25) is 0 Å². The molecule has 1 fully saturated rings. The molecule has 2 atom stereocenters. The largest absolute Gasteiger partial charge is 0.378 e. The van der Waals surface area contributed by atoms with Crippen LogP contribution in [-0.4, -0.2) is 50.3 Å². The van der Waals surface area contributed by atoms with Crippen LogP contribution in [0, 0.1) is 0 Å². The van der Waals surface area contributed by atoms with E-state index in [0.29, 0.717) is 12.1 Å². The third kappa shape index (κ3) is 4.40. The number of nitrogens with zero attached hydrogens (tertiary/aromatic N) is 1. The Kier molecular flexibility index (Phi) is 7.01. The number of hydrogen-bond acceptors (Lipinski definition) is 3. The maximum absolute atomic E-state index is 5.52. The lowest BCUT2D eigenvalue weighted by molar-refractivity contribution is -0.00937. The molecule has 0 aromatic carbocycles. The first-order chi connectivity index (χ1) is 7.81. The highest BCUT2D eigenvalue weighted by Crippen LogP contribution is 2.12. The Morgan fingerprint density at radius 2 is 2.25 bits per heavy atom. The molecule has 16 heavy (non-hydrogen) atoms. The summed E-state index contributed by atoms with van der Waals surface area (Å²) < 4.78 is 5.52. The van der Waals surface area contributed by atoms with Gasteiger partial charge in [-0.3, -0.25) is 4.90 Å². The van der Waals surface area contributed by atoms with Crippen molar-refractivity contribution in [3.05, 3.63) is 0 Å². The first-order valence-corrected chi connectivity index (χ1v) is 6.80. The van der Waals surface area contributed by atoms with Gasteiger partial charge in [-0.1, -0.05) is 13.8 Å². The molecule has 0 bridgehead atoms. The summed E-state index contributed by atoms with van der Waals surface area (Å²) in [7, 11) is 2.07.